The molecule has 45 heavy (non-hydrogen) atoms. The fourth-order valence-electron chi connectivity index (χ4n) is 7.16. The summed E-state index contributed by atoms with van der Waals surface area (Å²) in [5, 5.41) is 12.0. The SMILES string of the molecule is CC(C)(C)CC[C@H](C1=CC=C(C(=O)NCCCC(=O)O)CC1)N1C(=O)C(C2=CC(Cl)=CC(Cl)C2)=NC12CCC(C(C)(C)C)CC2. The monoisotopic (exact) mass is 659 g/mol. The second-order valence-corrected chi connectivity index (χ2v) is 16.5. The number of carbonyl (C=O) groups is 3. The lowest BCUT2D eigenvalue weighted by Gasteiger charge is -2.48. The van der Waals surface area contributed by atoms with Crippen LogP contribution in [0.2, 0.25) is 0 Å². The maximum atomic E-state index is 14.6. The predicted octanol–water partition coefficient (Wildman–Crippen LogP) is 8.08. The Morgan fingerprint density at radius 1 is 1.13 bits per heavy atom. The van der Waals surface area contributed by atoms with Gasteiger partial charge in [0.05, 0.1) is 11.4 Å². The van der Waals surface area contributed by atoms with E-state index in [1.807, 2.05) is 18.2 Å². The maximum Gasteiger partial charge on any atom is 0.303 e. The molecule has 2 N–H and O–H groups in total. The molecule has 1 fully saturated rings. The molecular weight excluding hydrogens is 609 g/mol. The van der Waals surface area contributed by atoms with Crippen LogP contribution >= 0.6 is 23.2 Å². The van der Waals surface area contributed by atoms with Crippen molar-refractivity contribution in [1.82, 2.24) is 10.2 Å². The molecule has 0 radical (unpaired) electrons. The highest BCUT2D eigenvalue weighted by molar-refractivity contribution is 6.47. The molecule has 1 unspecified atom stereocenters. The number of halogens is 2. The fourth-order valence-corrected chi connectivity index (χ4v) is 7.81. The molecule has 2 atom stereocenters. The minimum absolute atomic E-state index is 0.0238. The van der Waals surface area contributed by atoms with Gasteiger partial charge in [-0.15, -0.1) is 11.6 Å². The van der Waals surface area contributed by atoms with E-state index in [0.29, 0.717) is 54.5 Å². The lowest BCUT2D eigenvalue weighted by atomic mass is 9.69. The van der Waals surface area contributed by atoms with Gasteiger partial charge >= 0.3 is 5.97 Å². The zero-order valence-corrected chi connectivity index (χ0v) is 29.4. The van der Waals surface area contributed by atoms with Crippen molar-refractivity contribution in [1.29, 1.82) is 0 Å². The van der Waals surface area contributed by atoms with Gasteiger partial charge in [0.15, 0.2) is 0 Å². The number of nitrogens with zero attached hydrogens (tertiary/aromatic N) is 2. The summed E-state index contributed by atoms with van der Waals surface area (Å²) in [7, 11) is 0. The van der Waals surface area contributed by atoms with Crippen LogP contribution in [0.4, 0.5) is 0 Å². The van der Waals surface area contributed by atoms with Crippen molar-refractivity contribution in [2.45, 2.75) is 129 Å². The number of aliphatic carboxylic acids is 1. The average molecular weight is 661 g/mol. The topological polar surface area (TPSA) is 99.1 Å². The summed E-state index contributed by atoms with van der Waals surface area (Å²) < 4.78 is 0. The third-order valence-corrected chi connectivity index (χ3v) is 10.3. The normalized spacial score (nSPS) is 26.5. The Hall–Kier alpha value is -2.38. The number of rotatable bonds is 10. The van der Waals surface area contributed by atoms with Crippen LogP contribution in [0.1, 0.15) is 112 Å². The number of carboxylic acid groups (broad SMARTS) is 1. The van der Waals surface area contributed by atoms with Crippen LogP contribution in [-0.2, 0) is 14.4 Å². The van der Waals surface area contributed by atoms with Crippen LogP contribution < -0.4 is 5.32 Å². The second-order valence-electron chi connectivity index (χ2n) is 15.5. The van der Waals surface area contributed by atoms with Crippen LogP contribution in [0, 0.1) is 16.7 Å². The van der Waals surface area contributed by atoms with Gasteiger partial charge in [-0.05, 0) is 104 Å². The third-order valence-electron chi connectivity index (χ3n) is 9.81. The van der Waals surface area contributed by atoms with Crippen LogP contribution in [0.15, 0.2) is 51.0 Å². The molecule has 4 rings (SSSR count). The highest BCUT2D eigenvalue weighted by atomic mass is 35.5. The number of carbonyl (C=O) groups excluding carboxylic acids is 2. The van der Waals surface area contributed by atoms with Gasteiger partial charge in [0.1, 0.15) is 11.4 Å². The van der Waals surface area contributed by atoms with Gasteiger partial charge in [-0.2, -0.15) is 0 Å². The van der Waals surface area contributed by atoms with Gasteiger partial charge in [-0.25, -0.2) is 0 Å². The van der Waals surface area contributed by atoms with Crippen LogP contribution in [0.5, 0.6) is 0 Å². The first-order valence-electron chi connectivity index (χ1n) is 16.5. The highest BCUT2D eigenvalue weighted by Gasteiger charge is 2.53. The minimum Gasteiger partial charge on any atom is -0.481 e. The summed E-state index contributed by atoms with van der Waals surface area (Å²) in [6, 6.07) is -0.150. The quantitative estimate of drug-likeness (QED) is 0.183. The Bertz CT molecular complexity index is 1320. The first-order valence-corrected chi connectivity index (χ1v) is 17.4. The molecule has 0 aromatic rings. The molecule has 9 heteroatoms. The summed E-state index contributed by atoms with van der Waals surface area (Å²) in [5.74, 6) is -0.521. The number of amides is 2. The van der Waals surface area contributed by atoms with E-state index in [4.69, 9.17) is 33.3 Å². The molecule has 1 spiro atoms. The number of nitrogens with one attached hydrogen (secondary N) is 1. The first-order chi connectivity index (χ1) is 21.0. The highest BCUT2D eigenvalue weighted by Crippen LogP contribution is 2.49. The molecule has 1 heterocycles. The molecule has 0 saturated heterocycles. The van der Waals surface area contributed by atoms with Crippen molar-refractivity contribution >= 4 is 46.7 Å². The Morgan fingerprint density at radius 3 is 2.38 bits per heavy atom. The summed E-state index contributed by atoms with van der Waals surface area (Å²) in [6.07, 6.45) is 15.1. The molecule has 0 aromatic heterocycles. The lowest BCUT2D eigenvalue weighted by Crippen LogP contribution is -2.55. The van der Waals surface area contributed by atoms with Gasteiger partial charge in [0, 0.05) is 23.6 Å². The molecule has 1 aliphatic heterocycles. The Balaban J connectivity index is 1.68. The molecule has 7 nitrogen and oxygen atoms in total. The number of alkyl halides is 1. The van der Waals surface area contributed by atoms with Gasteiger partial charge in [0.2, 0.25) is 5.91 Å². The van der Waals surface area contributed by atoms with Gasteiger partial charge in [-0.3, -0.25) is 19.4 Å². The number of allylic oxidation sites excluding steroid dienone is 5. The summed E-state index contributed by atoms with van der Waals surface area (Å²) in [4.78, 5) is 45.8. The van der Waals surface area contributed by atoms with Crippen LogP contribution in [0.3, 0.4) is 0 Å². The van der Waals surface area contributed by atoms with Crippen LogP contribution in [0.25, 0.3) is 0 Å². The molecule has 0 bridgehead atoms. The van der Waals surface area contributed by atoms with Crippen molar-refractivity contribution in [3.05, 3.63) is 46.1 Å². The minimum atomic E-state index is -0.870. The first kappa shape index (κ1) is 35.5. The smallest absolute Gasteiger partial charge is 0.303 e. The Labute approximate surface area is 279 Å². The van der Waals surface area contributed by atoms with Crippen molar-refractivity contribution in [3.63, 3.8) is 0 Å². The Kier molecular flexibility index (Phi) is 11.2. The van der Waals surface area contributed by atoms with E-state index in [-0.39, 0.29) is 40.5 Å². The number of aliphatic imine (C=N–C) groups is 1. The van der Waals surface area contributed by atoms with Gasteiger partial charge in [-0.1, -0.05) is 65.3 Å². The van der Waals surface area contributed by atoms with E-state index >= 15 is 0 Å². The van der Waals surface area contributed by atoms with Gasteiger partial charge in [0.25, 0.3) is 5.91 Å². The molecule has 248 valence electrons. The van der Waals surface area contributed by atoms with Crippen molar-refractivity contribution in [2.24, 2.45) is 21.7 Å². The van der Waals surface area contributed by atoms with Crippen molar-refractivity contribution in [3.8, 4) is 0 Å². The summed E-state index contributed by atoms with van der Waals surface area (Å²) in [6.45, 7) is 13.9. The van der Waals surface area contributed by atoms with E-state index in [2.05, 4.69) is 51.8 Å². The molecule has 2 amide bonds. The molecule has 4 aliphatic rings. The number of carboxylic acids is 1. The number of hydrogen-bond acceptors (Lipinski definition) is 4. The standard InChI is InChI=1S/C36H51Cl2N3O4/c1-34(2,3)16-15-29(23-9-11-24(12-10-23)32(44)39-19-7-8-30(42)43)41-33(45)31(25-20-27(37)22-28(38)21-25)40-36(41)17-13-26(14-18-36)35(4,5)6/h9,11,20,22,26,28-29H,7-8,10,12-19,21H2,1-6H3,(H,39,44)(H,42,43)/t26?,28?,29-,36?/m1/s1. The molecule has 1 saturated carbocycles. The zero-order valence-electron chi connectivity index (χ0n) is 27.8. The van der Waals surface area contributed by atoms with E-state index in [1.165, 1.54) is 0 Å². The third kappa shape index (κ3) is 8.91. The second kappa shape index (κ2) is 14.2. The predicted molar refractivity (Wildman–Crippen MR) is 182 cm³/mol. The van der Waals surface area contributed by atoms with E-state index in [0.717, 1.165) is 49.7 Å². The lowest BCUT2D eigenvalue weighted by molar-refractivity contribution is -0.137. The summed E-state index contributed by atoms with van der Waals surface area (Å²) in [5.41, 5.74) is 2.76. The molecular formula is C36H51Cl2N3O4. The van der Waals surface area contributed by atoms with Crippen LogP contribution in [-0.4, -0.2) is 57.1 Å². The van der Waals surface area contributed by atoms with Gasteiger partial charge < -0.3 is 15.3 Å². The zero-order chi connectivity index (χ0) is 33.2. The molecule has 0 aromatic carbocycles. The van der Waals surface area contributed by atoms with E-state index in [9.17, 15) is 14.4 Å². The average Bonchev–Trinajstić information content (AvgIpc) is 3.21. The largest absolute Gasteiger partial charge is 0.481 e. The van der Waals surface area contributed by atoms with Crippen molar-refractivity contribution < 1.29 is 19.5 Å². The Morgan fingerprint density at radius 2 is 1.82 bits per heavy atom. The summed E-state index contributed by atoms with van der Waals surface area (Å²) >= 11 is 13.0. The number of hydrogen-bond donors (Lipinski definition) is 2. The van der Waals surface area contributed by atoms with Crippen molar-refractivity contribution in [2.75, 3.05) is 6.54 Å². The molecule has 3 aliphatic carbocycles. The fraction of sp³-hybridized carbons (Fsp3) is 0.667. The van der Waals surface area contributed by atoms with E-state index in [1.54, 1.807) is 6.08 Å². The maximum absolute atomic E-state index is 14.6. The van der Waals surface area contributed by atoms with E-state index < -0.39 is 11.6 Å².